The number of hydrogen-bond donors (Lipinski definition) is 1. The van der Waals surface area contributed by atoms with Gasteiger partial charge in [-0.1, -0.05) is 12.1 Å². The van der Waals surface area contributed by atoms with Crippen molar-refractivity contribution in [3.63, 3.8) is 0 Å². The van der Waals surface area contributed by atoms with Gasteiger partial charge in [0.05, 0.1) is 16.7 Å². The molecule has 1 amide bonds. The molecule has 1 fully saturated rings. The molecule has 3 nitrogen and oxygen atoms in total. The predicted octanol–water partition coefficient (Wildman–Crippen LogP) is 5.76. The Morgan fingerprint density at radius 3 is 2.54 bits per heavy atom. The summed E-state index contributed by atoms with van der Waals surface area (Å²) in [5, 5.41) is 6.29. The molecule has 6 heteroatoms. The molecule has 0 saturated heterocycles. The Hall–Kier alpha value is -2.18. The average molecular weight is 413 g/mol. The maximum atomic E-state index is 13.2. The highest BCUT2D eigenvalue weighted by atomic mass is 32.2. The molecular weight excluding hydrogens is 391 g/mol. The summed E-state index contributed by atoms with van der Waals surface area (Å²) in [6, 6.07) is 14.0. The summed E-state index contributed by atoms with van der Waals surface area (Å²) < 4.78 is 13.2. The van der Waals surface area contributed by atoms with Gasteiger partial charge in [-0.05, 0) is 67.6 Å². The number of carbonyl (C=O) groups is 1. The molecule has 1 atom stereocenters. The van der Waals surface area contributed by atoms with E-state index in [1.165, 1.54) is 12.1 Å². The van der Waals surface area contributed by atoms with Crippen LogP contribution in [0.2, 0.25) is 0 Å². The molecule has 144 valence electrons. The third kappa shape index (κ3) is 4.80. The SMILES string of the molecule is Cc1nc(CSc2ccc(C(=O)NC(c3ccc(F)cc3)C3CC3)cc2)cs1. The molecule has 3 aromatic rings. The van der Waals surface area contributed by atoms with E-state index in [2.05, 4.69) is 15.7 Å². The van der Waals surface area contributed by atoms with Crippen LogP contribution in [0.25, 0.3) is 0 Å². The summed E-state index contributed by atoms with van der Waals surface area (Å²) >= 11 is 3.37. The molecule has 1 aliphatic carbocycles. The Morgan fingerprint density at radius 2 is 1.93 bits per heavy atom. The zero-order valence-electron chi connectivity index (χ0n) is 15.5. The van der Waals surface area contributed by atoms with Gasteiger partial charge in [0.25, 0.3) is 5.91 Å². The molecule has 0 aliphatic heterocycles. The van der Waals surface area contributed by atoms with Crippen molar-refractivity contribution in [3.05, 3.63) is 81.6 Å². The maximum Gasteiger partial charge on any atom is 0.251 e. The topological polar surface area (TPSA) is 42.0 Å². The summed E-state index contributed by atoms with van der Waals surface area (Å²) in [5.41, 5.74) is 2.69. The van der Waals surface area contributed by atoms with E-state index < -0.39 is 0 Å². The van der Waals surface area contributed by atoms with E-state index >= 15 is 0 Å². The van der Waals surface area contributed by atoms with Gasteiger partial charge in [0.2, 0.25) is 0 Å². The minimum absolute atomic E-state index is 0.0601. The van der Waals surface area contributed by atoms with Gasteiger partial charge < -0.3 is 5.32 Å². The molecule has 1 N–H and O–H groups in total. The second kappa shape index (κ2) is 8.45. The van der Waals surface area contributed by atoms with E-state index in [0.29, 0.717) is 11.5 Å². The van der Waals surface area contributed by atoms with E-state index in [1.54, 1.807) is 35.2 Å². The zero-order valence-corrected chi connectivity index (χ0v) is 17.2. The standard InChI is InChI=1S/C22H21FN2OS2/c1-14-24-19(12-27-14)13-28-20-10-6-17(7-11-20)22(26)25-21(15-2-3-15)16-4-8-18(23)9-5-16/h4-12,15,21H,2-3,13H2,1H3,(H,25,26). The van der Waals surface area contributed by atoms with Crippen LogP contribution in [-0.2, 0) is 5.75 Å². The highest BCUT2D eigenvalue weighted by Crippen LogP contribution is 2.41. The van der Waals surface area contributed by atoms with Crippen LogP contribution >= 0.6 is 23.1 Å². The normalized spacial score (nSPS) is 14.6. The fourth-order valence-electron chi connectivity index (χ4n) is 3.13. The fourth-order valence-corrected chi connectivity index (χ4v) is 4.64. The molecule has 2 aromatic carbocycles. The summed E-state index contributed by atoms with van der Waals surface area (Å²) in [4.78, 5) is 18.3. The third-order valence-corrected chi connectivity index (χ3v) is 6.65. The lowest BCUT2D eigenvalue weighted by Crippen LogP contribution is -2.29. The monoisotopic (exact) mass is 412 g/mol. The van der Waals surface area contributed by atoms with E-state index in [0.717, 1.165) is 39.8 Å². The number of amides is 1. The summed E-state index contributed by atoms with van der Waals surface area (Å²) in [6.45, 7) is 2.01. The Bertz CT molecular complexity index is 949. The molecule has 1 heterocycles. The second-order valence-corrected chi connectivity index (χ2v) is 9.12. The number of halogens is 1. The molecule has 28 heavy (non-hydrogen) atoms. The van der Waals surface area contributed by atoms with Gasteiger partial charge >= 0.3 is 0 Å². The zero-order chi connectivity index (χ0) is 19.5. The smallest absolute Gasteiger partial charge is 0.251 e. The van der Waals surface area contributed by atoms with Crippen LogP contribution < -0.4 is 5.32 Å². The average Bonchev–Trinajstić information content (AvgIpc) is 3.46. The molecule has 0 bridgehead atoms. The number of hydrogen-bond acceptors (Lipinski definition) is 4. The van der Waals surface area contributed by atoms with Gasteiger partial charge in [0.1, 0.15) is 5.82 Å². The lowest BCUT2D eigenvalue weighted by Gasteiger charge is -2.19. The van der Waals surface area contributed by atoms with Gasteiger partial charge in [-0.25, -0.2) is 9.37 Å². The number of thiazole rings is 1. The van der Waals surface area contributed by atoms with Crippen molar-refractivity contribution in [2.24, 2.45) is 5.92 Å². The largest absolute Gasteiger partial charge is 0.345 e. The number of aryl methyl sites for hydroxylation is 1. The second-order valence-electron chi connectivity index (χ2n) is 7.01. The first-order chi connectivity index (χ1) is 13.6. The van der Waals surface area contributed by atoms with Gasteiger partial charge in [0, 0.05) is 21.6 Å². The van der Waals surface area contributed by atoms with Crippen LogP contribution in [-0.4, -0.2) is 10.9 Å². The van der Waals surface area contributed by atoms with Gasteiger partial charge in [-0.15, -0.1) is 23.1 Å². The van der Waals surface area contributed by atoms with Crippen molar-refractivity contribution >= 4 is 29.0 Å². The number of carbonyl (C=O) groups excluding carboxylic acids is 1. The fraction of sp³-hybridized carbons (Fsp3) is 0.273. The summed E-state index contributed by atoms with van der Waals surface area (Å²) in [5.74, 6) is 0.911. The van der Waals surface area contributed by atoms with Gasteiger partial charge in [-0.2, -0.15) is 0 Å². The molecule has 1 saturated carbocycles. The molecule has 1 unspecified atom stereocenters. The Labute approximate surface area is 172 Å². The highest BCUT2D eigenvalue weighted by molar-refractivity contribution is 7.98. The number of nitrogens with zero attached hydrogens (tertiary/aromatic N) is 1. The van der Waals surface area contributed by atoms with Gasteiger partial charge in [0.15, 0.2) is 0 Å². The van der Waals surface area contributed by atoms with Crippen molar-refractivity contribution in [2.75, 3.05) is 0 Å². The first-order valence-electron chi connectivity index (χ1n) is 9.29. The molecule has 1 aliphatic rings. The van der Waals surface area contributed by atoms with Crippen molar-refractivity contribution in [2.45, 2.75) is 36.5 Å². The van der Waals surface area contributed by atoms with Gasteiger partial charge in [-0.3, -0.25) is 4.79 Å². The predicted molar refractivity (Wildman–Crippen MR) is 112 cm³/mol. The minimum Gasteiger partial charge on any atom is -0.345 e. The number of rotatable bonds is 7. The van der Waals surface area contributed by atoms with Crippen LogP contribution in [0.1, 0.15) is 45.5 Å². The van der Waals surface area contributed by atoms with Crippen LogP contribution in [0, 0.1) is 18.7 Å². The lowest BCUT2D eigenvalue weighted by atomic mass is 10.0. The van der Waals surface area contributed by atoms with E-state index in [1.807, 2.05) is 31.2 Å². The van der Waals surface area contributed by atoms with Crippen molar-refractivity contribution < 1.29 is 9.18 Å². The molecule has 4 rings (SSSR count). The van der Waals surface area contributed by atoms with Crippen molar-refractivity contribution in [3.8, 4) is 0 Å². The van der Waals surface area contributed by atoms with Crippen LogP contribution in [0.5, 0.6) is 0 Å². The van der Waals surface area contributed by atoms with Crippen LogP contribution in [0.4, 0.5) is 4.39 Å². The van der Waals surface area contributed by atoms with Crippen molar-refractivity contribution in [1.29, 1.82) is 0 Å². The maximum absolute atomic E-state index is 13.2. The summed E-state index contributed by atoms with van der Waals surface area (Å²) in [7, 11) is 0. The van der Waals surface area contributed by atoms with Crippen molar-refractivity contribution in [1.82, 2.24) is 10.3 Å². The van der Waals surface area contributed by atoms with E-state index in [4.69, 9.17) is 0 Å². The third-order valence-electron chi connectivity index (χ3n) is 4.78. The van der Waals surface area contributed by atoms with E-state index in [-0.39, 0.29) is 17.8 Å². The van der Waals surface area contributed by atoms with Crippen LogP contribution in [0.3, 0.4) is 0 Å². The molecule has 0 radical (unpaired) electrons. The highest BCUT2D eigenvalue weighted by Gasteiger charge is 2.33. The Morgan fingerprint density at radius 1 is 1.21 bits per heavy atom. The number of benzene rings is 2. The molecule has 1 aromatic heterocycles. The number of aromatic nitrogens is 1. The van der Waals surface area contributed by atoms with Crippen LogP contribution in [0.15, 0.2) is 58.8 Å². The van der Waals surface area contributed by atoms with E-state index in [9.17, 15) is 9.18 Å². The summed E-state index contributed by atoms with van der Waals surface area (Å²) in [6.07, 6.45) is 2.18. The number of nitrogens with one attached hydrogen (secondary N) is 1. The first-order valence-corrected chi connectivity index (χ1v) is 11.2. The molecule has 0 spiro atoms. The lowest BCUT2D eigenvalue weighted by molar-refractivity contribution is 0.0931. The number of thioether (sulfide) groups is 1. The first kappa shape index (κ1) is 19.2. The minimum atomic E-state index is -0.259. The quantitative estimate of drug-likeness (QED) is 0.501. The Balaban J connectivity index is 1.39. The molecular formula is C22H21FN2OS2. The Kier molecular flexibility index (Phi) is 5.78.